The van der Waals surface area contributed by atoms with E-state index in [1.165, 1.54) is 64.2 Å². The Morgan fingerprint density at radius 2 is 1.48 bits per heavy atom. The van der Waals surface area contributed by atoms with Crippen molar-refractivity contribution < 1.29 is 10.2 Å². The van der Waals surface area contributed by atoms with Crippen LogP contribution >= 0.6 is 0 Å². The molecule has 5 saturated carbocycles. The molecule has 5 aliphatic carbocycles. The summed E-state index contributed by atoms with van der Waals surface area (Å²) in [7, 11) is 0. The third kappa shape index (κ3) is 3.74. The number of hydrogen-bond donors (Lipinski definition) is 2. The zero-order chi connectivity index (χ0) is 22.1. The van der Waals surface area contributed by atoms with E-state index in [0.29, 0.717) is 10.8 Å². The molecule has 0 heterocycles. The van der Waals surface area contributed by atoms with Crippen LogP contribution in [0.1, 0.15) is 124 Å². The van der Waals surface area contributed by atoms with Crippen molar-refractivity contribution in [1.29, 1.82) is 0 Å². The molecule has 5 aliphatic rings. The minimum atomic E-state index is -0.419. The van der Waals surface area contributed by atoms with Crippen LogP contribution < -0.4 is 0 Å². The summed E-state index contributed by atoms with van der Waals surface area (Å²) in [4.78, 5) is 0. The van der Waals surface area contributed by atoms with Crippen molar-refractivity contribution in [1.82, 2.24) is 0 Å². The fourth-order valence-electron chi connectivity index (χ4n) is 10.4. The molecule has 2 heteroatoms. The average molecular weight is 431 g/mol. The maximum absolute atomic E-state index is 10.9. The minimum Gasteiger partial charge on any atom is -0.390 e. The molecule has 178 valence electrons. The van der Waals surface area contributed by atoms with E-state index in [-0.39, 0.29) is 5.60 Å². The molecule has 0 aliphatic heterocycles. The Balaban J connectivity index is 1.28. The number of rotatable bonds is 4. The van der Waals surface area contributed by atoms with Gasteiger partial charge >= 0.3 is 0 Å². The first kappa shape index (κ1) is 22.7. The van der Waals surface area contributed by atoms with Gasteiger partial charge in [-0.05, 0) is 137 Å². The third-order valence-corrected chi connectivity index (χ3v) is 12.3. The van der Waals surface area contributed by atoms with Crippen LogP contribution in [0.2, 0.25) is 0 Å². The van der Waals surface area contributed by atoms with Gasteiger partial charge in [0.2, 0.25) is 0 Å². The lowest BCUT2D eigenvalue weighted by molar-refractivity contribution is -0.148. The molecule has 0 aromatic heterocycles. The van der Waals surface area contributed by atoms with Crippen LogP contribution in [0.15, 0.2) is 0 Å². The van der Waals surface area contributed by atoms with Gasteiger partial charge in [0.15, 0.2) is 0 Å². The molecular formula is C29H50O2. The van der Waals surface area contributed by atoms with Gasteiger partial charge in [0.25, 0.3) is 0 Å². The van der Waals surface area contributed by atoms with Gasteiger partial charge in [0, 0.05) is 0 Å². The molecule has 9 atom stereocenters. The van der Waals surface area contributed by atoms with Crippen LogP contribution in [0.3, 0.4) is 0 Å². The van der Waals surface area contributed by atoms with Crippen molar-refractivity contribution in [2.45, 2.75) is 135 Å². The largest absolute Gasteiger partial charge is 0.390 e. The van der Waals surface area contributed by atoms with Gasteiger partial charge in [0.1, 0.15) is 0 Å². The van der Waals surface area contributed by atoms with Crippen molar-refractivity contribution in [2.24, 2.45) is 46.3 Å². The monoisotopic (exact) mass is 430 g/mol. The second-order valence-electron chi connectivity index (χ2n) is 14.0. The zero-order valence-corrected chi connectivity index (χ0v) is 21.0. The molecule has 0 spiro atoms. The third-order valence-electron chi connectivity index (χ3n) is 12.3. The second kappa shape index (κ2) is 7.72. The predicted octanol–water partition coefficient (Wildman–Crippen LogP) is 7.12. The van der Waals surface area contributed by atoms with E-state index in [9.17, 15) is 10.2 Å². The number of hydrogen-bond acceptors (Lipinski definition) is 2. The molecular weight excluding hydrogens is 380 g/mol. The highest BCUT2D eigenvalue weighted by Crippen LogP contribution is 2.69. The second-order valence-corrected chi connectivity index (χ2v) is 14.0. The Hall–Kier alpha value is -0.0800. The fraction of sp³-hybridized carbons (Fsp3) is 1.00. The Labute approximate surface area is 192 Å². The van der Waals surface area contributed by atoms with Crippen LogP contribution in [0.25, 0.3) is 0 Å². The van der Waals surface area contributed by atoms with E-state index in [1.807, 2.05) is 0 Å². The first-order valence-corrected chi connectivity index (χ1v) is 14.0. The van der Waals surface area contributed by atoms with E-state index in [1.54, 1.807) is 0 Å². The topological polar surface area (TPSA) is 40.5 Å². The molecule has 0 radical (unpaired) electrons. The zero-order valence-electron chi connectivity index (χ0n) is 21.0. The van der Waals surface area contributed by atoms with Gasteiger partial charge in [-0.2, -0.15) is 0 Å². The summed E-state index contributed by atoms with van der Waals surface area (Å²) in [6, 6.07) is 0. The molecule has 2 N–H and O–H groups in total. The van der Waals surface area contributed by atoms with Crippen LogP contribution in [0.4, 0.5) is 0 Å². The van der Waals surface area contributed by atoms with Crippen molar-refractivity contribution >= 4 is 0 Å². The summed E-state index contributed by atoms with van der Waals surface area (Å²) in [6.07, 6.45) is 18.6. The molecule has 0 aromatic carbocycles. The van der Waals surface area contributed by atoms with Gasteiger partial charge in [-0.1, -0.05) is 33.6 Å². The molecule has 0 amide bonds. The SMILES string of the molecule is C[C@H](CCC1(O)CCCC1)[C@H]1CC[C@H]2[C@@H]3CC[C@H]4C[C@@](C)(O)CC[C@]4(C)[C@H]3CC[C@]12C. The van der Waals surface area contributed by atoms with Crippen molar-refractivity contribution in [3.8, 4) is 0 Å². The first-order chi connectivity index (χ1) is 14.6. The van der Waals surface area contributed by atoms with Gasteiger partial charge in [0.05, 0.1) is 11.2 Å². The minimum absolute atomic E-state index is 0.333. The number of fused-ring (bicyclic) bond motifs is 5. The quantitative estimate of drug-likeness (QED) is 0.498. The lowest BCUT2D eigenvalue weighted by Crippen LogP contribution is -2.55. The molecule has 5 rings (SSSR count). The highest BCUT2D eigenvalue weighted by Gasteiger charge is 2.61. The standard InChI is InChI=1S/C29H50O2/c1-20(11-16-29(31)13-5-6-14-29)23-9-10-24-22-8-7-21-19-26(2,30)17-18-27(21,3)25(22)12-15-28(23,24)4/h20-25,30-31H,5-19H2,1-4H3/t20-,21+,22+,23-,24+,25+,26+,27+,28-/m1/s1. The van der Waals surface area contributed by atoms with Gasteiger partial charge in [-0.3, -0.25) is 0 Å². The molecule has 31 heavy (non-hydrogen) atoms. The first-order valence-electron chi connectivity index (χ1n) is 14.0. The average Bonchev–Trinajstić information content (AvgIpc) is 3.30. The highest BCUT2D eigenvalue weighted by atomic mass is 16.3. The Morgan fingerprint density at radius 3 is 2.23 bits per heavy atom. The predicted molar refractivity (Wildman–Crippen MR) is 128 cm³/mol. The van der Waals surface area contributed by atoms with Crippen molar-refractivity contribution in [2.75, 3.05) is 0 Å². The van der Waals surface area contributed by atoms with Gasteiger partial charge in [-0.15, -0.1) is 0 Å². The Morgan fingerprint density at radius 1 is 0.774 bits per heavy atom. The maximum atomic E-state index is 10.9. The van der Waals surface area contributed by atoms with Crippen LogP contribution in [0.5, 0.6) is 0 Å². The lowest BCUT2D eigenvalue weighted by Gasteiger charge is -2.62. The van der Waals surface area contributed by atoms with Crippen LogP contribution in [-0.4, -0.2) is 21.4 Å². The molecule has 5 fully saturated rings. The smallest absolute Gasteiger partial charge is 0.0648 e. The normalized spacial score (nSPS) is 52.3. The van der Waals surface area contributed by atoms with E-state index < -0.39 is 5.60 Å². The fourth-order valence-corrected chi connectivity index (χ4v) is 10.4. The van der Waals surface area contributed by atoms with Crippen molar-refractivity contribution in [3.05, 3.63) is 0 Å². The van der Waals surface area contributed by atoms with E-state index in [0.717, 1.165) is 67.6 Å². The molecule has 2 nitrogen and oxygen atoms in total. The summed E-state index contributed by atoms with van der Waals surface area (Å²) in [5.74, 6) is 5.11. The van der Waals surface area contributed by atoms with E-state index >= 15 is 0 Å². The molecule has 0 unspecified atom stereocenters. The highest BCUT2D eigenvalue weighted by molar-refractivity contribution is 5.10. The summed E-state index contributed by atoms with van der Waals surface area (Å²) < 4.78 is 0. The van der Waals surface area contributed by atoms with E-state index in [4.69, 9.17) is 0 Å². The van der Waals surface area contributed by atoms with Crippen LogP contribution in [0, 0.1) is 46.3 Å². The van der Waals surface area contributed by atoms with E-state index in [2.05, 4.69) is 27.7 Å². The summed E-state index contributed by atoms with van der Waals surface area (Å²) in [5, 5.41) is 21.6. The molecule has 0 saturated heterocycles. The molecule has 0 aromatic rings. The maximum Gasteiger partial charge on any atom is 0.0648 e. The lowest BCUT2D eigenvalue weighted by atomic mass is 9.43. The van der Waals surface area contributed by atoms with Crippen LogP contribution in [-0.2, 0) is 0 Å². The van der Waals surface area contributed by atoms with Gasteiger partial charge < -0.3 is 10.2 Å². The Bertz CT molecular complexity index is 664. The van der Waals surface area contributed by atoms with Gasteiger partial charge in [-0.25, -0.2) is 0 Å². The van der Waals surface area contributed by atoms with Crippen molar-refractivity contribution in [3.63, 3.8) is 0 Å². The summed E-state index contributed by atoms with van der Waals surface area (Å²) in [6.45, 7) is 9.89. The summed E-state index contributed by atoms with van der Waals surface area (Å²) in [5.41, 5.74) is 0.252. The number of aliphatic hydroxyl groups is 2. The summed E-state index contributed by atoms with van der Waals surface area (Å²) >= 11 is 0. The Kier molecular flexibility index (Phi) is 5.66. The molecule has 0 bridgehead atoms.